The van der Waals surface area contributed by atoms with Crippen LogP contribution in [-0.2, 0) is 22.7 Å². The number of H-pyrrole nitrogens is 2. The zero-order valence-electron chi connectivity index (χ0n) is 29.2. The van der Waals surface area contributed by atoms with E-state index in [1.165, 1.54) is 30.9 Å². The Morgan fingerprint density at radius 1 is 0.946 bits per heavy atom. The Labute approximate surface area is 323 Å². The summed E-state index contributed by atoms with van der Waals surface area (Å²) < 4.78 is 18.6. The summed E-state index contributed by atoms with van der Waals surface area (Å²) >= 11 is 5.77. The molecule has 288 valence electrons. The Morgan fingerprint density at radius 2 is 1.61 bits per heavy atom. The van der Waals surface area contributed by atoms with E-state index in [1.807, 2.05) is 0 Å². The maximum absolute atomic E-state index is 13.3. The molecule has 1 fully saturated rings. The molecule has 22 heteroatoms. The largest absolute Gasteiger partial charge is 0.482 e. The van der Waals surface area contributed by atoms with Gasteiger partial charge in [0.05, 0.1) is 23.1 Å². The molecule has 0 saturated carbocycles. The Balaban J connectivity index is 0.000000175. The number of aromatic amines is 2. The van der Waals surface area contributed by atoms with E-state index in [2.05, 4.69) is 67.5 Å². The number of nitrogens with zero attached hydrogens (tertiary/aromatic N) is 7. The van der Waals surface area contributed by atoms with Crippen LogP contribution in [-0.4, -0.2) is 106 Å². The summed E-state index contributed by atoms with van der Waals surface area (Å²) in [7, 11) is 0.00147. The van der Waals surface area contributed by atoms with Gasteiger partial charge >= 0.3 is 0 Å². The Bertz CT molecular complexity index is 2530. The lowest BCUT2D eigenvalue weighted by molar-refractivity contribution is -0.127. The van der Waals surface area contributed by atoms with E-state index < -0.39 is 17.6 Å². The number of benzene rings is 2. The van der Waals surface area contributed by atoms with Gasteiger partial charge in [-0.3, -0.25) is 29.4 Å². The lowest BCUT2D eigenvalue weighted by Gasteiger charge is -2.18. The molecule has 2 aromatic carbocycles. The van der Waals surface area contributed by atoms with Crippen molar-refractivity contribution in [1.29, 1.82) is 0 Å². The maximum atomic E-state index is 13.3. The van der Waals surface area contributed by atoms with Crippen molar-refractivity contribution in [3.63, 3.8) is 0 Å². The molecular weight excluding hydrogens is 771 g/mol. The number of fused-ring (bicyclic) bond motifs is 3. The Kier molecular flexibility index (Phi) is 11.0. The van der Waals surface area contributed by atoms with Crippen LogP contribution in [0.25, 0.3) is 22.1 Å². The first-order valence-electron chi connectivity index (χ1n) is 16.7. The zero-order valence-corrected chi connectivity index (χ0v) is 30.8. The number of ether oxygens (including phenoxy) is 1. The molecular formula is C34H32ClFN14O5S. The zero-order chi connectivity index (χ0) is 39.3. The number of hydrogen-bond donors (Lipinski definition) is 7. The third-order valence-electron chi connectivity index (χ3n) is 8.47. The quantitative estimate of drug-likeness (QED) is 0.104. The van der Waals surface area contributed by atoms with Crippen molar-refractivity contribution in [3.05, 3.63) is 82.4 Å². The summed E-state index contributed by atoms with van der Waals surface area (Å²) in [6.07, 6.45) is 2.51. The summed E-state index contributed by atoms with van der Waals surface area (Å²) in [4.78, 5) is 66.7. The molecule has 1 unspecified atom stereocenters. The number of nitrogens with one attached hydrogen (secondary N) is 6. The van der Waals surface area contributed by atoms with Crippen LogP contribution in [0, 0.1) is 5.82 Å². The molecule has 0 aliphatic carbocycles. The van der Waals surface area contributed by atoms with Crippen molar-refractivity contribution in [3.8, 4) is 5.75 Å². The molecule has 1 saturated heterocycles. The van der Waals surface area contributed by atoms with Gasteiger partial charge < -0.3 is 36.6 Å². The van der Waals surface area contributed by atoms with Crippen LogP contribution in [0.2, 0.25) is 5.02 Å². The van der Waals surface area contributed by atoms with Crippen molar-refractivity contribution in [2.24, 2.45) is 0 Å². The maximum Gasteiger partial charge on any atom is 0.272 e. The average Bonchev–Trinajstić information content (AvgIpc) is 3.94. The summed E-state index contributed by atoms with van der Waals surface area (Å²) in [6, 6.07) is 9.51. The first-order chi connectivity index (χ1) is 27.0. The number of hydrogen-bond acceptors (Lipinski definition) is 13. The number of amides is 4. The van der Waals surface area contributed by atoms with Gasteiger partial charge in [-0.05, 0) is 35.4 Å². The monoisotopic (exact) mass is 802 g/mol. The standard InChI is InChI=1S/C19H19ClFN7O2S.C15H13N7O3/c1-31-5-4-28(10-31)14(29)8-22-18-16-15(26-27-18)17(25-9-24-16)19(30)23-7-11-2-3-13(21)12(20)6-11;16-14-12-11(21-22-14)13(19-6-18-12)15(24)17-4-7-1-2-9-8(3-7)20-10(23)5-25-9/h2-3,6,9H,1,4-5,7-8,10H2,(H,23,30)(H2,22,26,27);1-3,6H,4-5H2,(H,17,24)(H,20,23)(H3,16,21,22). The second kappa shape index (κ2) is 16.3. The highest BCUT2D eigenvalue weighted by Gasteiger charge is 2.22. The number of carbonyl (C=O) groups is 4. The molecule has 0 radical (unpaired) electrons. The van der Waals surface area contributed by atoms with Gasteiger partial charge in [-0.1, -0.05) is 29.6 Å². The third-order valence-corrected chi connectivity index (χ3v) is 10.2. The third kappa shape index (κ3) is 8.32. The highest BCUT2D eigenvalue weighted by Crippen LogP contribution is 2.28. The molecule has 4 aromatic heterocycles. The molecule has 56 heavy (non-hydrogen) atoms. The topological polar surface area (TPSA) is 264 Å². The normalized spacial score (nSPS) is 14.6. The predicted molar refractivity (Wildman–Crippen MR) is 207 cm³/mol. The van der Waals surface area contributed by atoms with Gasteiger partial charge in [0, 0.05) is 25.4 Å². The Hall–Kier alpha value is -6.74. The number of halogens is 2. The second-order valence-corrected chi connectivity index (χ2v) is 14.6. The molecule has 2 aliphatic heterocycles. The van der Waals surface area contributed by atoms with E-state index in [-0.39, 0.29) is 70.8 Å². The van der Waals surface area contributed by atoms with Crippen molar-refractivity contribution in [2.45, 2.75) is 13.1 Å². The number of anilines is 3. The molecule has 2 aliphatic rings. The fourth-order valence-electron chi connectivity index (χ4n) is 5.64. The first-order valence-corrected chi connectivity index (χ1v) is 18.8. The van der Waals surface area contributed by atoms with Gasteiger partial charge in [0.1, 0.15) is 46.3 Å². The molecule has 6 heterocycles. The number of carbonyl (C=O) groups excluding carboxylic acids is 4. The van der Waals surface area contributed by atoms with Crippen LogP contribution < -0.4 is 31.7 Å². The molecule has 4 amide bonds. The first kappa shape index (κ1) is 37.6. The van der Waals surface area contributed by atoms with E-state index in [4.69, 9.17) is 22.1 Å². The smallest absolute Gasteiger partial charge is 0.272 e. The van der Waals surface area contributed by atoms with Crippen LogP contribution >= 0.6 is 22.1 Å². The lowest BCUT2D eigenvalue weighted by Crippen LogP contribution is -2.33. The minimum absolute atomic E-state index is 0.000106. The van der Waals surface area contributed by atoms with Crippen molar-refractivity contribution >= 4 is 91.0 Å². The SMILES string of the molecule is C=S1CCN(C(=O)CNc2n[nH]c3c(C(=O)NCc4ccc(F)c(Cl)c4)ncnc23)C1.Nc1n[nH]c2c(C(=O)NCc3ccc4c(c3)NC(=O)CO4)ncnc12. The van der Waals surface area contributed by atoms with E-state index >= 15 is 0 Å². The second-order valence-electron chi connectivity index (χ2n) is 12.3. The Morgan fingerprint density at radius 3 is 2.30 bits per heavy atom. The highest BCUT2D eigenvalue weighted by molar-refractivity contribution is 8.14. The molecule has 0 spiro atoms. The minimum Gasteiger partial charge on any atom is -0.482 e. The molecule has 8 N–H and O–H groups in total. The van der Waals surface area contributed by atoms with Crippen LogP contribution in [0.5, 0.6) is 5.75 Å². The molecule has 0 bridgehead atoms. The van der Waals surface area contributed by atoms with Crippen molar-refractivity contribution in [2.75, 3.05) is 47.7 Å². The fraction of sp³-hybridized carbons (Fsp3) is 0.206. The van der Waals surface area contributed by atoms with Gasteiger partial charge in [-0.2, -0.15) is 20.7 Å². The minimum atomic E-state index is -0.526. The van der Waals surface area contributed by atoms with Gasteiger partial charge in [-0.15, -0.1) is 0 Å². The fourth-order valence-corrected chi connectivity index (χ4v) is 7.16. The van der Waals surface area contributed by atoms with Gasteiger partial charge in [-0.25, -0.2) is 24.3 Å². The van der Waals surface area contributed by atoms with Crippen LogP contribution in [0.4, 0.5) is 21.7 Å². The highest BCUT2D eigenvalue weighted by atomic mass is 35.5. The summed E-state index contributed by atoms with van der Waals surface area (Å²) in [5, 5.41) is 24.5. The van der Waals surface area contributed by atoms with E-state index in [0.717, 1.165) is 11.3 Å². The number of nitrogen functional groups attached to an aromatic ring is 1. The van der Waals surface area contributed by atoms with Crippen molar-refractivity contribution < 1.29 is 28.3 Å². The summed E-state index contributed by atoms with van der Waals surface area (Å²) in [5.74, 6) is 5.13. The average molecular weight is 803 g/mol. The van der Waals surface area contributed by atoms with E-state index in [9.17, 15) is 23.6 Å². The van der Waals surface area contributed by atoms with Gasteiger partial charge in [0.15, 0.2) is 29.6 Å². The van der Waals surface area contributed by atoms with Gasteiger partial charge in [0.2, 0.25) is 5.91 Å². The molecule has 1 atom stereocenters. The van der Waals surface area contributed by atoms with E-state index in [1.54, 1.807) is 23.1 Å². The summed E-state index contributed by atoms with van der Waals surface area (Å²) in [5.41, 5.74) is 9.47. The van der Waals surface area contributed by atoms with Gasteiger partial charge in [0.25, 0.3) is 17.7 Å². The molecule has 6 aromatic rings. The predicted octanol–water partition coefficient (Wildman–Crippen LogP) is 2.18. The molecule has 19 nitrogen and oxygen atoms in total. The number of nitrogens with two attached hydrogens (primary N) is 1. The summed E-state index contributed by atoms with van der Waals surface area (Å²) in [6.45, 7) is 1.16. The number of rotatable bonds is 9. The lowest BCUT2D eigenvalue weighted by atomic mass is 10.1. The molecule has 8 rings (SSSR count). The van der Waals surface area contributed by atoms with E-state index in [0.29, 0.717) is 57.3 Å². The van der Waals surface area contributed by atoms with Crippen molar-refractivity contribution in [1.82, 2.24) is 55.9 Å². The van der Waals surface area contributed by atoms with Crippen LogP contribution in [0.1, 0.15) is 32.1 Å². The van der Waals surface area contributed by atoms with Crippen LogP contribution in [0.15, 0.2) is 49.1 Å². The number of aromatic nitrogens is 8. The van der Waals surface area contributed by atoms with Crippen LogP contribution in [0.3, 0.4) is 0 Å².